The summed E-state index contributed by atoms with van der Waals surface area (Å²) in [5.74, 6) is 2.17. The van der Waals surface area contributed by atoms with Gasteiger partial charge in [0.25, 0.3) is 0 Å². The molecule has 1 aromatic carbocycles. The van der Waals surface area contributed by atoms with Crippen molar-refractivity contribution in [3.8, 4) is 5.75 Å². The molecular weight excluding hydrogens is 224 g/mol. The number of benzene rings is 1. The fraction of sp³-hybridized carbons (Fsp3) is 0.250. The summed E-state index contributed by atoms with van der Waals surface area (Å²) in [6.07, 6.45) is 2.30. The second-order valence-electron chi connectivity index (χ2n) is 2.84. The number of phenolic OH excluding ortho intramolecular Hbond substituents is 1. The van der Waals surface area contributed by atoms with E-state index in [1.54, 1.807) is 24.3 Å². The monoisotopic (exact) mass is 240 g/mol. The molecule has 1 aliphatic heterocycles. The molecule has 3 nitrogen and oxygen atoms in total. The van der Waals surface area contributed by atoms with Crippen molar-refractivity contribution in [2.75, 3.05) is 11.5 Å². The number of carboxylic acids is 1. The number of phenols is 1. The molecule has 1 heterocycles. The molecular formula is C12H16O3S. The van der Waals surface area contributed by atoms with E-state index in [2.05, 4.69) is 6.58 Å². The molecule has 88 valence electrons. The number of carboxylic acid groups (broad SMARTS) is 1. The van der Waals surface area contributed by atoms with Gasteiger partial charge in [-0.3, -0.25) is 0 Å². The lowest BCUT2D eigenvalue weighted by atomic mass is 10.3. The molecule has 0 bridgehead atoms. The fourth-order valence-electron chi connectivity index (χ4n) is 0.572. The number of hydrogen-bond acceptors (Lipinski definition) is 3. The Morgan fingerprint density at radius 2 is 1.69 bits per heavy atom. The number of aromatic hydroxyl groups is 1. The third-order valence-electron chi connectivity index (χ3n) is 1.51. The van der Waals surface area contributed by atoms with Gasteiger partial charge in [0, 0.05) is 6.08 Å². The summed E-state index contributed by atoms with van der Waals surface area (Å²) in [5, 5.41) is 16.2. The van der Waals surface area contributed by atoms with E-state index in [1.807, 2.05) is 17.8 Å². The first kappa shape index (κ1) is 14.6. The Hall–Kier alpha value is -1.42. The van der Waals surface area contributed by atoms with Gasteiger partial charge in [0.2, 0.25) is 0 Å². The molecule has 0 aliphatic carbocycles. The van der Waals surface area contributed by atoms with Gasteiger partial charge in [-0.2, -0.15) is 11.8 Å². The number of carbonyl (C=O) groups is 1. The highest BCUT2D eigenvalue weighted by molar-refractivity contribution is 8.00. The quantitative estimate of drug-likeness (QED) is 0.741. The number of thioether (sulfide) groups is 1. The van der Waals surface area contributed by atoms with Gasteiger partial charge in [0.15, 0.2) is 0 Å². The van der Waals surface area contributed by atoms with Crippen molar-refractivity contribution in [2.45, 2.75) is 6.42 Å². The largest absolute Gasteiger partial charge is 0.508 e. The maximum Gasteiger partial charge on any atom is 0.327 e. The van der Waals surface area contributed by atoms with Crippen LogP contribution in [0.2, 0.25) is 0 Å². The van der Waals surface area contributed by atoms with E-state index >= 15 is 0 Å². The third-order valence-corrected chi connectivity index (χ3v) is 2.66. The predicted molar refractivity (Wildman–Crippen MR) is 67.9 cm³/mol. The van der Waals surface area contributed by atoms with Crippen molar-refractivity contribution >= 4 is 17.7 Å². The lowest BCUT2D eigenvalue weighted by Gasteiger charge is -2.05. The Kier molecular flexibility index (Phi) is 9.21. The summed E-state index contributed by atoms with van der Waals surface area (Å²) in [5.41, 5.74) is 0. The minimum absolute atomic E-state index is 0.322. The van der Waals surface area contributed by atoms with Crippen LogP contribution in [0.3, 0.4) is 0 Å². The number of aliphatic carboxylic acids is 1. The Balaban J connectivity index is 0.000000221. The second kappa shape index (κ2) is 10.1. The Bertz CT molecular complexity index is 290. The number of para-hydroxylation sites is 1. The van der Waals surface area contributed by atoms with Gasteiger partial charge < -0.3 is 10.2 Å². The summed E-state index contributed by atoms with van der Waals surface area (Å²) >= 11 is 2.04. The van der Waals surface area contributed by atoms with E-state index < -0.39 is 5.97 Å². The zero-order valence-electron chi connectivity index (χ0n) is 9.00. The van der Waals surface area contributed by atoms with Crippen molar-refractivity contribution in [2.24, 2.45) is 0 Å². The number of rotatable bonds is 1. The summed E-state index contributed by atoms with van der Waals surface area (Å²) in [6.45, 7) is 2.96. The first-order valence-corrected chi connectivity index (χ1v) is 5.99. The topological polar surface area (TPSA) is 57.5 Å². The zero-order chi connectivity index (χ0) is 12.2. The third kappa shape index (κ3) is 10.7. The normalized spacial score (nSPS) is 11.8. The van der Waals surface area contributed by atoms with Gasteiger partial charge in [0.1, 0.15) is 5.75 Å². The van der Waals surface area contributed by atoms with Crippen molar-refractivity contribution in [1.82, 2.24) is 0 Å². The molecule has 1 aliphatic rings. The highest BCUT2D eigenvalue weighted by Crippen LogP contribution is 2.14. The molecule has 0 saturated carbocycles. The molecule has 0 atom stereocenters. The summed E-state index contributed by atoms with van der Waals surface area (Å²) in [6, 6.07) is 8.71. The van der Waals surface area contributed by atoms with Gasteiger partial charge in [-0.25, -0.2) is 4.79 Å². The molecule has 1 fully saturated rings. The first-order chi connectivity index (χ1) is 7.66. The molecule has 2 rings (SSSR count). The van der Waals surface area contributed by atoms with Gasteiger partial charge in [0.05, 0.1) is 0 Å². The minimum atomic E-state index is -0.981. The van der Waals surface area contributed by atoms with Crippen LogP contribution in [0.1, 0.15) is 6.42 Å². The van der Waals surface area contributed by atoms with Crippen LogP contribution in [0.4, 0.5) is 0 Å². The fourth-order valence-corrected chi connectivity index (χ4v) is 0.861. The van der Waals surface area contributed by atoms with Crippen molar-refractivity contribution in [3.63, 3.8) is 0 Å². The minimum Gasteiger partial charge on any atom is -0.508 e. The van der Waals surface area contributed by atoms with Gasteiger partial charge in [-0.15, -0.1) is 0 Å². The SMILES string of the molecule is C1CSC1.C=CC(=O)O.Oc1ccccc1. The molecule has 16 heavy (non-hydrogen) atoms. The van der Waals surface area contributed by atoms with E-state index in [9.17, 15) is 4.79 Å². The molecule has 0 unspecified atom stereocenters. The summed E-state index contributed by atoms with van der Waals surface area (Å²) < 4.78 is 0. The van der Waals surface area contributed by atoms with E-state index in [0.717, 1.165) is 6.08 Å². The molecule has 0 radical (unpaired) electrons. The predicted octanol–water partition coefficient (Wildman–Crippen LogP) is 2.77. The van der Waals surface area contributed by atoms with Crippen molar-refractivity contribution in [3.05, 3.63) is 43.0 Å². The molecule has 0 spiro atoms. The molecule has 0 amide bonds. The van der Waals surface area contributed by atoms with Gasteiger partial charge >= 0.3 is 5.97 Å². The van der Waals surface area contributed by atoms with Crippen LogP contribution >= 0.6 is 11.8 Å². The van der Waals surface area contributed by atoms with E-state index in [0.29, 0.717) is 5.75 Å². The molecule has 0 aromatic heterocycles. The Morgan fingerprint density at radius 3 is 1.81 bits per heavy atom. The summed E-state index contributed by atoms with van der Waals surface area (Å²) in [4.78, 5) is 9.25. The van der Waals surface area contributed by atoms with Crippen LogP contribution in [-0.4, -0.2) is 27.7 Å². The maximum atomic E-state index is 9.25. The van der Waals surface area contributed by atoms with Crippen molar-refractivity contribution in [1.29, 1.82) is 0 Å². The Morgan fingerprint density at radius 1 is 1.31 bits per heavy atom. The lowest BCUT2D eigenvalue weighted by molar-refractivity contribution is -0.131. The van der Waals surface area contributed by atoms with Crippen LogP contribution in [0.15, 0.2) is 43.0 Å². The highest BCUT2D eigenvalue weighted by atomic mass is 32.2. The van der Waals surface area contributed by atoms with Gasteiger partial charge in [-0.05, 0) is 30.1 Å². The molecule has 1 aromatic rings. The standard InChI is InChI=1S/C6H6O.C3H4O2.C3H6S/c7-6-4-2-1-3-5-6;1-2-3(4)5;1-2-4-3-1/h1-5,7H;2H,1H2,(H,4,5);1-3H2. The van der Waals surface area contributed by atoms with E-state index in [4.69, 9.17) is 10.2 Å². The average molecular weight is 240 g/mol. The molecule has 2 N–H and O–H groups in total. The van der Waals surface area contributed by atoms with Gasteiger partial charge in [-0.1, -0.05) is 24.8 Å². The maximum absolute atomic E-state index is 9.25. The number of hydrogen-bond donors (Lipinski definition) is 2. The van der Waals surface area contributed by atoms with Crippen LogP contribution in [0.5, 0.6) is 5.75 Å². The van der Waals surface area contributed by atoms with E-state index in [-0.39, 0.29) is 0 Å². The first-order valence-electron chi connectivity index (χ1n) is 4.84. The van der Waals surface area contributed by atoms with Crippen LogP contribution in [0.25, 0.3) is 0 Å². The van der Waals surface area contributed by atoms with Crippen molar-refractivity contribution < 1.29 is 15.0 Å². The lowest BCUT2D eigenvalue weighted by Crippen LogP contribution is -1.94. The highest BCUT2D eigenvalue weighted by Gasteiger charge is 1.95. The zero-order valence-corrected chi connectivity index (χ0v) is 9.82. The van der Waals surface area contributed by atoms with Crippen LogP contribution < -0.4 is 0 Å². The average Bonchev–Trinajstić information content (AvgIpc) is 2.17. The Labute approximate surface area is 99.8 Å². The van der Waals surface area contributed by atoms with Crippen LogP contribution in [0, 0.1) is 0 Å². The molecule has 1 saturated heterocycles. The summed E-state index contributed by atoms with van der Waals surface area (Å²) in [7, 11) is 0. The van der Waals surface area contributed by atoms with E-state index in [1.165, 1.54) is 17.9 Å². The molecule has 4 heteroatoms. The second-order valence-corrected chi connectivity index (χ2v) is 4.07. The van der Waals surface area contributed by atoms with Crippen LogP contribution in [-0.2, 0) is 4.79 Å². The smallest absolute Gasteiger partial charge is 0.327 e.